The molecular formula is C23H26N6O5S. The number of pyridine rings is 1. The van der Waals surface area contributed by atoms with Crippen LogP contribution in [0.5, 0.6) is 0 Å². The Bertz CT molecular complexity index is 1370. The van der Waals surface area contributed by atoms with Crippen molar-refractivity contribution in [1.29, 1.82) is 0 Å². The van der Waals surface area contributed by atoms with E-state index >= 15 is 0 Å². The molecule has 0 spiro atoms. The minimum atomic E-state index is -3.78. The summed E-state index contributed by atoms with van der Waals surface area (Å²) in [4.78, 5) is 35.3. The average molecular weight is 499 g/mol. The SMILES string of the molecule is O=C(c1cc([N+](=O)[O-])ccc1N1CCCCC1)N1CCN(S(=O)(=O)c2c[nH]c3ncccc23)CC1. The van der Waals surface area contributed by atoms with E-state index in [0.717, 1.165) is 32.4 Å². The standard InChI is InChI=1S/C23H26N6O5S/c30-23(19-15-17(29(31)32)6-7-20(19)26-9-2-1-3-10-26)27-11-13-28(14-12-27)35(33,34)21-16-25-22-18(21)5-4-8-24-22/h4-8,15-16H,1-3,9-14H2,(H,24,25). The zero-order valence-corrected chi connectivity index (χ0v) is 19.9. The number of rotatable bonds is 5. The molecular weight excluding hydrogens is 472 g/mol. The molecule has 4 heterocycles. The van der Waals surface area contributed by atoms with Crippen molar-refractivity contribution in [2.75, 3.05) is 44.2 Å². The number of nitrogens with one attached hydrogen (secondary N) is 1. The van der Waals surface area contributed by atoms with Crippen LogP contribution in [0, 0.1) is 10.1 Å². The fourth-order valence-corrected chi connectivity index (χ4v) is 6.38. The Morgan fingerprint density at radius 3 is 2.49 bits per heavy atom. The van der Waals surface area contributed by atoms with Crippen LogP contribution in [0.25, 0.3) is 11.0 Å². The predicted molar refractivity (Wildman–Crippen MR) is 130 cm³/mol. The van der Waals surface area contributed by atoms with Crippen LogP contribution in [0.1, 0.15) is 29.6 Å². The lowest BCUT2D eigenvalue weighted by Crippen LogP contribution is -2.50. The molecule has 2 aliphatic heterocycles. The molecule has 3 aromatic rings. The first-order valence-corrected chi connectivity index (χ1v) is 13.1. The van der Waals surface area contributed by atoms with Crippen LogP contribution in [-0.4, -0.2) is 77.7 Å². The smallest absolute Gasteiger partial charge is 0.270 e. The van der Waals surface area contributed by atoms with Crippen LogP contribution in [0.4, 0.5) is 11.4 Å². The van der Waals surface area contributed by atoms with Gasteiger partial charge in [-0.15, -0.1) is 0 Å². The van der Waals surface area contributed by atoms with Gasteiger partial charge in [-0.25, -0.2) is 13.4 Å². The molecule has 12 heteroatoms. The van der Waals surface area contributed by atoms with Crippen LogP contribution in [0.3, 0.4) is 0 Å². The lowest BCUT2D eigenvalue weighted by Gasteiger charge is -2.35. The van der Waals surface area contributed by atoms with E-state index in [1.54, 1.807) is 29.3 Å². The van der Waals surface area contributed by atoms with Crippen molar-refractivity contribution in [3.8, 4) is 0 Å². The number of nitro benzene ring substituents is 1. The Morgan fingerprint density at radius 1 is 1.03 bits per heavy atom. The number of hydrogen-bond donors (Lipinski definition) is 1. The summed E-state index contributed by atoms with van der Waals surface area (Å²) in [7, 11) is -3.78. The maximum atomic E-state index is 13.5. The largest absolute Gasteiger partial charge is 0.371 e. The van der Waals surface area contributed by atoms with E-state index in [1.807, 2.05) is 0 Å². The van der Waals surface area contributed by atoms with Crippen LogP contribution in [-0.2, 0) is 10.0 Å². The van der Waals surface area contributed by atoms with Crippen LogP contribution in [0.15, 0.2) is 47.6 Å². The molecule has 1 aromatic carbocycles. The summed E-state index contributed by atoms with van der Waals surface area (Å²) in [6.45, 7) is 2.25. The van der Waals surface area contributed by atoms with Gasteiger partial charge in [0.05, 0.1) is 16.2 Å². The third-order valence-electron chi connectivity index (χ3n) is 6.67. The number of nitrogens with zero attached hydrogens (tertiary/aromatic N) is 5. The minimum absolute atomic E-state index is 0.134. The Morgan fingerprint density at radius 2 is 1.77 bits per heavy atom. The molecule has 5 rings (SSSR count). The number of carbonyl (C=O) groups is 1. The van der Waals surface area contributed by atoms with Crippen LogP contribution >= 0.6 is 0 Å². The molecule has 2 saturated heterocycles. The molecule has 0 radical (unpaired) electrons. The van der Waals surface area contributed by atoms with E-state index < -0.39 is 14.9 Å². The number of fused-ring (bicyclic) bond motifs is 1. The highest BCUT2D eigenvalue weighted by Crippen LogP contribution is 2.30. The lowest BCUT2D eigenvalue weighted by molar-refractivity contribution is -0.384. The van der Waals surface area contributed by atoms with Crippen molar-refractivity contribution in [3.05, 3.63) is 58.4 Å². The van der Waals surface area contributed by atoms with Gasteiger partial charge >= 0.3 is 0 Å². The van der Waals surface area contributed by atoms with Crippen molar-refractivity contribution in [1.82, 2.24) is 19.2 Å². The van der Waals surface area contributed by atoms with Gasteiger partial charge in [0, 0.05) is 69.2 Å². The Hall–Kier alpha value is -3.51. The number of non-ortho nitro benzene ring substituents is 1. The zero-order chi connectivity index (χ0) is 24.6. The Balaban J connectivity index is 1.36. The summed E-state index contributed by atoms with van der Waals surface area (Å²) in [6, 6.07) is 7.82. The first kappa shape index (κ1) is 23.2. The van der Waals surface area contributed by atoms with E-state index in [2.05, 4.69) is 14.9 Å². The number of carbonyl (C=O) groups excluding carboxylic acids is 1. The zero-order valence-electron chi connectivity index (χ0n) is 19.1. The van der Waals surface area contributed by atoms with E-state index in [1.165, 1.54) is 22.6 Å². The molecule has 0 bridgehead atoms. The fraction of sp³-hybridized carbons (Fsp3) is 0.391. The Labute approximate surface area is 202 Å². The molecule has 1 amide bonds. The number of amides is 1. The van der Waals surface area contributed by atoms with E-state index in [-0.39, 0.29) is 42.7 Å². The molecule has 35 heavy (non-hydrogen) atoms. The molecule has 0 atom stereocenters. The van der Waals surface area contributed by atoms with Gasteiger partial charge in [0.1, 0.15) is 10.5 Å². The monoisotopic (exact) mass is 498 g/mol. The highest BCUT2D eigenvalue weighted by molar-refractivity contribution is 7.89. The maximum absolute atomic E-state index is 13.5. The van der Waals surface area contributed by atoms with Gasteiger partial charge < -0.3 is 14.8 Å². The predicted octanol–water partition coefficient (Wildman–Crippen LogP) is 2.61. The highest BCUT2D eigenvalue weighted by atomic mass is 32.2. The fourth-order valence-electron chi connectivity index (χ4n) is 4.80. The van der Waals surface area contributed by atoms with Gasteiger partial charge in [-0.05, 0) is 37.5 Å². The molecule has 0 unspecified atom stereocenters. The van der Waals surface area contributed by atoms with Gasteiger partial charge in [-0.1, -0.05) is 0 Å². The molecule has 0 aliphatic carbocycles. The van der Waals surface area contributed by atoms with Gasteiger partial charge in [-0.2, -0.15) is 4.31 Å². The number of sulfonamides is 1. The van der Waals surface area contributed by atoms with E-state index in [4.69, 9.17) is 0 Å². The number of nitro groups is 1. The summed E-state index contributed by atoms with van der Waals surface area (Å²) in [5, 5.41) is 11.9. The first-order valence-electron chi connectivity index (χ1n) is 11.6. The molecule has 0 saturated carbocycles. The number of anilines is 1. The molecule has 2 fully saturated rings. The number of aromatic amines is 1. The average Bonchev–Trinajstić information content (AvgIpc) is 3.34. The normalized spacial score (nSPS) is 17.6. The van der Waals surface area contributed by atoms with Gasteiger partial charge in [-0.3, -0.25) is 14.9 Å². The van der Waals surface area contributed by atoms with Crippen molar-refractivity contribution < 1.29 is 18.1 Å². The summed E-state index contributed by atoms with van der Waals surface area (Å²) >= 11 is 0. The minimum Gasteiger partial charge on any atom is -0.371 e. The van der Waals surface area contributed by atoms with Gasteiger partial charge in [0.15, 0.2) is 0 Å². The quantitative estimate of drug-likeness (QED) is 0.422. The van der Waals surface area contributed by atoms with Gasteiger partial charge in [0.25, 0.3) is 11.6 Å². The molecule has 2 aliphatic rings. The molecule has 2 aromatic heterocycles. The number of H-pyrrole nitrogens is 1. The second kappa shape index (κ2) is 9.27. The van der Waals surface area contributed by atoms with Gasteiger partial charge in [0.2, 0.25) is 10.0 Å². The molecule has 11 nitrogen and oxygen atoms in total. The molecule has 184 valence electrons. The summed E-state index contributed by atoms with van der Waals surface area (Å²) in [5.74, 6) is -0.317. The number of piperidine rings is 1. The van der Waals surface area contributed by atoms with Crippen molar-refractivity contribution >= 4 is 38.3 Å². The van der Waals surface area contributed by atoms with Crippen molar-refractivity contribution in [2.45, 2.75) is 24.2 Å². The number of hydrogen-bond acceptors (Lipinski definition) is 7. The number of aromatic nitrogens is 2. The summed E-state index contributed by atoms with van der Waals surface area (Å²) in [5.41, 5.74) is 1.35. The molecule has 1 N–H and O–H groups in total. The number of piperazine rings is 1. The first-order chi connectivity index (χ1) is 16.9. The Kier molecular flexibility index (Phi) is 6.15. The second-order valence-corrected chi connectivity index (χ2v) is 10.7. The second-order valence-electron chi connectivity index (χ2n) is 8.76. The van der Waals surface area contributed by atoms with Crippen molar-refractivity contribution in [3.63, 3.8) is 0 Å². The van der Waals surface area contributed by atoms with Crippen LogP contribution in [0.2, 0.25) is 0 Å². The van der Waals surface area contributed by atoms with E-state index in [9.17, 15) is 23.3 Å². The van der Waals surface area contributed by atoms with Crippen LogP contribution < -0.4 is 4.90 Å². The number of benzene rings is 1. The topological polar surface area (TPSA) is 133 Å². The lowest BCUT2D eigenvalue weighted by atomic mass is 10.0. The summed E-state index contributed by atoms with van der Waals surface area (Å²) < 4.78 is 27.9. The highest BCUT2D eigenvalue weighted by Gasteiger charge is 2.33. The maximum Gasteiger partial charge on any atom is 0.270 e. The van der Waals surface area contributed by atoms with Crippen molar-refractivity contribution in [2.24, 2.45) is 0 Å². The van der Waals surface area contributed by atoms with E-state index in [0.29, 0.717) is 22.3 Å². The summed E-state index contributed by atoms with van der Waals surface area (Å²) in [6.07, 6.45) is 6.16. The third kappa shape index (κ3) is 4.34. The third-order valence-corrected chi connectivity index (χ3v) is 8.61.